The lowest BCUT2D eigenvalue weighted by Gasteiger charge is -2.14. The Hall–Kier alpha value is -1.97. The first-order chi connectivity index (χ1) is 7.21. The van der Waals surface area contributed by atoms with Crippen molar-refractivity contribution in [2.75, 3.05) is 0 Å². The van der Waals surface area contributed by atoms with Crippen molar-refractivity contribution in [2.24, 2.45) is 7.05 Å². The maximum atomic E-state index is 12.6. The summed E-state index contributed by atoms with van der Waals surface area (Å²) in [5.41, 5.74) is -4.09. The average Bonchev–Trinajstić information content (AvgIpc) is 2.18. The van der Waals surface area contributed by atoms with Crippen molar-refractivity contribution in [2.45, 2.75) is 13.1 Å². The van der Waals surface area contributed by atoms with Crippen LogP contribution in [0.5, 0.6) is 5.88 Å². The van der Waals surface area contributed by atoms with Crippen LogP contribution >= 0.6 is 0 Å². The van der Waals surface area contributed by atoms with Gasteiger partial charge in [-0.15, -0.1) is 0 Å². The van der Waals surface area contributed by atoms with Gasteiger partial charge >= 0.3 is 6.18 Å². The first-order valence-corrected chi connectivity index (χ1v) is 4.11. The Labute approximate surface area is 88.2 Å². The molecule has 4 nitrogen and oxygen atoms in total. The molecule has 1 rings (SSSR count). The predicted molar refractivity (Wildman–Crippen MR) is 47.8 cm³/mol. The average molecular weight is 232 g/mol. The van der Waals surface area contributed by atoms with Crippen molar-refractivity contribution < 1.29 is 18.3 Å². The van der Waals surface area contributed by atoms with E-state index in [4.69, 9.17) is 5.26 Å². The molecule has 7 heteroatoms. The lowest BCUT2D eigenvalue weighted by atomic mass is 10.0. The standard InChI is InChI=1S/C9H7F3N2O2/c1-4-6(9(10,11)12)5(3-13)8(16)14(2)7(4)15/h15H,1-2H3. The second-order valence-electron chi connectivity index (χ2n) is 3.17. The molecule has 0 amide bonds. The number of nitrogens with zero attached hydrogens (tertiary/aromatic N) is 2. The molecule has 0 saturated carbocycles. The predicted octanol–water partition coefficient (Wildman–Crippen LogP) is 1.29. The van der Waals surface area contributed by atoms with E-state index < -0.39 is 34.3 Å². The van der Waals surface area contributed by atoms with Gasteiger partial charge in [-0.05, 0) is 6.92 Å². The van der Waals surface area contributed by atoms with Crippen LogP contribution in [0.2, 0.25) is 0 Å². The highest BCUT2D eigenvalue weighted by Crippen LogP contribution is 2.35. The highest BCUT2D eigenvalue weighted by molar-refractivity contribution is 5.46. The Balaban J connectivity index is 3.89. The Morgan fingerprint density at radius 1 is 1.44 bits per heavy atom. The quantitative estimate of drug-likeness (QED) is 0.732. The molecule has 0 fully saturated rings. The van der Waals surface area contributed by atoms with Crippen LogP contribution in [0, 0.1) is 18.3 Å². The third-order valence-corrected chi connectivity index (χ3v) is 2.19. The minimum absolute atomic E-state index is 0.536. The zero-order chi connectivity index (χ0) is 12.7. The molecule has 0 radical (unpaired) electrons. The number of pyridine rings is 1. The lowest BCUT2D eigenvalue weighted by Crippen LogP contribution is -2.26. The van der Waals surface area contributed by atoms with Gasteiger partial charge in [0.1, 0.15) is 11.6 Å². The Bertz CT molecular complexity index is 538. The third-order valence-electron chi connectivity index (χ3n) is 2.19. The molecular formula is C9H7F3N2O2. The van der Waals surface area contributed by atoms with Gasteiger partial charge in [-0.1, -0.05) is 0 Å². The van der Waals surface area contributed by atoms with Gasteiger partial charge in [0.05, 0.1) is 5.56 Å². The van der Waals surface area contributed by atoms with Crippen molar-refractivity contribution in [1.82, 2.24) is 4.57 Å². The largest absolute Gasteiger partial charge is 0.494 e. The fourth-order valence-corrected chi connectivity index (χ4v) is 1.38. The fourth-order valence-electron chi connectivity index (χ4n) is 1.38. The smallest absolute Gasteiger partial charge is 0.418 e. The zero-order valence-electron chi connectivity index (χ0n) is 8.38. The van der Waals surface area contributed by atoms with Crippen LogP contribution in [-0.2, 0) is 13.2 Å². The molecule has 1 aromatic heterocycles. The van der Waals surface area contributed by atoms with Crippen molar-refractivity contribution >= 4 is 0 Å². The van der Waals surface area contributed by atoms with Gasteiger partial charge in [-0.3, -0.25) is 9.36 Å². The summed E-state index contributed by atoms with van der Waals surface area (Å²) in [6.07, 6.45) is -4.85. The number of hydrogen-bond donors (Lipinski definition) is 1. The molecule has 0 saturated heterocycles. The van der Waals surface area contributed by atoms with Crippen LogP contribution in [0.15, 0.2) is 4.79 Å². The molecule has 0 aromatic carbocycles. The van der Waals surface area contributed by atoms with Gasteiger partial charge in [-0.25, -0.2) is 0 Å². The van der Waals surface area contributed by atoms with E-state index in [9.17, 15) is 23.1 Å². The van der Waals surface area contributed by atoms with Gasteiger partial charge in [-0.2, -0.15) is 18.4 Å². The number of aromatic hydroxyl groups is 1. The van der Waals surface area contributed by atoms with Gasteiger partial charge < -0.3 is 5.11 Å². The number of rotatable bonds is 0. The zero-order valence-corrected chi connectivity index (χ0v) is 8.38. The van der Waals surface area contributed by atoms with E-state index in [0.717, 1.165) is 14.0 Å². The highest BCUT2D eigenvalue weighted by Gasteiger charge is 2.38. The van der Waals surface area contributed by atoms with E-state index in [1.807, 2.05) is 0 Å². The van der Waals surface area contributed by atoms with E-state index in [-0.39, 0.29) is 0 Å². The SMILES string of the molecule is Cc1c(C(F)(F)F)c(C#N)c(=O)n(C)c1O. The molecule has 1 aromatic rings. The summed E-state index contributed by atoms with van der Waals surface area (Å²) in [5, 5.41) is 17.9. The summed E-state index contributed by atoms with van der Waals surface area (Å²) in [5.74, 6) is -0.795. The maximum absolute atomic E-state index is 12.6. The topological polar surface area (TPSA) is 66.0 Å². The molecule has 0 aliphatic rings. The number of alkyl halides is 3. The first-order valence-electron chi connectivity index (χ1n) is 4.11. The maximum Gasteiger partial charge on any atom is 0.418 e. The number of nitriles is 1. The van der Waals surface area contributed by atoms with E-state index in [1.165, 1.54) is 6.07 Å². The molecular weight excluding hydrogens is 225 g/mol. The molecule has 16 heavy (non-hydrogen) atoms. The van der Waals surface area contributed by atoms with Crippen LogP contribution in [0.3, 0.4) is 0 Å². The molecule has 0 aliphatic carbocycles. The number of aromatic nitrogens is 1. The summed E-state index contributed by atoms with van der Waals surface area (Å²) in [6.45, 7) is 0.998. The Morgan fingerprint density at radius 3 is 2.31 bits per heavy atom. The second kappa shape index (κ2) is 3.56. The molecule has 0 aliphatic heterocycles. The number of halogens is 3. The molecule has 0 spiro atoms. The monoisotopic (exact) mass is 232 g/mol. The molecule has 1 heterocycles. The van der Waals surface area contributed by atoms with Crippen LogP contribution < -0.4 is 5.56 Å². The van der Waals surface area contributed by atoms with Crippen LogP contribution in [0.1, 0.15) is 16.7 Å². The van der Waals surface area contributed by atoms with Gasteiger partial charge in [0.2, 0.25) is 0 Å². The van der Waals surface area contributed by atoms with E-state index in [2.05, 4.69) is 0 Å². The summed E-state index contributed by atoms with van der Waals surface area (Å²) in [6, 6.07) is 1.21. The lowest BCUT2D eigenvalue weighted by molar-refractivity contribution is -0.138. The van der Waals surface area contributed by atoms with Crippen molar-refractivity contribution in [1.29, 1.82) is 5.26 Å². The molecule has 0 unspecified atom stereocenters. The third kappa shape index (κ3) is 1.62. The summed E-state index contributed by atoms with van der Waals surface area (Å²) < 4.78 is 38.3. The number of hydrogen-bond acceptors (Lipinski definition) is 3. The molecule has 86 valence electrons. The van der Waals surface area contributed by atoms with E-state index >= 15 is 0 Å². The van der Waals surface area contributed by atoms with Crippen molar-refractivity contribution in [3.05, 3.63) is 27.0 Å². The minimum atomic E-state index is -4.85. The second-order valence-corrected chi connectivity index (χ2v) is 3.17. The van der Waals surface area contributed by atoms with Crippen LogP contribution in [0.25, 0.3) is 0 Å². The Morgan fingerprint density at radius 2 is 1.94 bits per heavy atom. The van der Waals surface area contributed by atoms with Crippen LogP contribution in [0.4, 0.5) is 13.2 Å². The molecule has 0 atom stereocenters. The van der Waals surface area contributed by atoms with Crippen molar-refractivity contribution in [3.63, 3.8) is 0 Å². The summed E-state index contributed by atoms with van der Waals surface area (Å²) in [4.78, 5) is 11.3. The molecule has 1 N–H and O–H groups in total. The molecule has 0 bridgehead atoms. The van der Waals surface area contributed by atoms with E-state index in [0.29, 0.717) is 4.57 Å². The Kier molecular flexibility index (Phi) is 2.69. The fraction of sp³-hybridized carbons (Fsp3) is 0.333. The highest BCUT2D eigenvalue weighted by atomic mass is 19.4. The first kappa shape index (κ1) is 12.1. The van der Waals surface area contributed by atoms with Gasteiger partial charge in [0.15, 0.2) is 5.88 Å². The van der Waals surface area contributed by atoms with E-state index in [1.54, 1.807) is 0 Å². The van der Waals surface area contributed by atoms with Crippen LogP contribution in [-0.4, -0.2) is 9.67 Å². The summed E-state index contributed by atoms with van der Waals surface area (Å²) >= 11 is 0. The summed E-state index contributed by atoms with van der Waals surface area (Å²) in [7, 11) is 1.09. The van der Waals surface area contributed by atoms with Gasteiger partial charge in [0, 0.05) is 12.6 Å². The van der Waals surface area contributed by atoms with Gasteiger partial charge in [0.25, 0.3) is 5.56 Å². The normalized spacial score (nSPS) is 11.2. The minimum Gasteiger partial charge on any atom is -0.494 e. The van der Waals surface area contributed by atoms with Crippen molar-refractivity contribution in [3.8, 4) is 11.9 Å².